The second-order valence-corrected chi connectivity index (χ2v) is 7.30. The summed E-state index contributed by atoms with van der Waals surface area (Å²) in [5.74, 6) is -0.215. The zero-order valence-electron chi connectivity index (χ0n) is 10.6. The predicted octanol–water partition coefficient (Wildman–Crippen LogP) is 2.06. The number of hydrogen-bond donors (Lipinski definition) is 1. The summed E-state index contributed by atoms with van der Waals surface area (Å²) in [6.45, 7) is 6.28. The van der Waals surface area contributed by atoms with Crippen molar-refractivity contribution in [2.45, 2.75) is 25.7 Å². The van der Waals surface area contributed by atoms with E-state index in [1.165, 1.54) is 23.5 Å². The molecule has 96 valence electrons. The minimum absolute atomic E-state index is 0.0493. The van der Waals surface area contributed by atoms with E-state index in [4.69, 9.17) is 0 Å². The Balaban J connectivity index is 3.09. The largest absolute Gasteiger partial charge is 0.507 e. The van der Waals surface area contributed by atoms with Gasteiger partial charge in [-0.25, -0.2) is 12.7 Å². The van der Waals surface area contributed by atoms with E-state index in [9.17, 15) is 13.5 Å². The van der Waals surface area contributed by atoms with Crippen LogP contribution in [0.2, 0.25) is 0 Å². The average molecular weight is 257 g/mol. The smallest absolute Gasteiger partial charge is 0.246 e. The highest BCUT2D eigenvalue weighted by atomic mass is 32.2. The van der Waals surface area contributed by atoms with E-state index in [0.717, 1.165) is 0 Å². The standard InChI is InChI=1S/C12H19NO3S/c1-12(2,3)9-13(4)17(15,16)11-8-6-5-7-10(11)14/h5-8,14H,9H2,1-4H3. The van der Waals surface area contributed by atoms with E-state index in [1.807, 2.05) is 20.8 Å². The van der Waals surface area contributed by atoms with Crippen LogP contribution >= 0.6 is 0 Å². The highest BCUT2D eigenvalue weighted by Gasteiger charge is 2.27. The van der Waals surface area contributed by atoms with Gasteiger partial charge >= 0.3 is 0 Å². The number of para-hydroxylation sites is 1. The van der Waals surface area contributed by atoms with Crippen molar-refractivity contribution in [3.05, 3.63) is 24.3 Å². The van der Waals surface area contributed by atoms with Gasteiger partial charge < -0.3 is 5.11 Å². The molecular weight excluding hydrogens is 238 g/mol. The number of nitrogens with zero attached hydrogens (tertiary/aromatic N) is 1. The Morgan fingerprint density at radius 2 is 1.76 bits per heavy atom. The summed E-state index contributed by atoms with van der Waals surface area (Å²) in [4.78, 5) is -0.0493. The Bertz CT molecular complexity index is 489. The second-order valence-electron chi connectivity index (χ2n) is 5.29. The molecule has 1 aromatic rings. The van der Waals surface area contributed by atoms with E-state index < -0.39 is 10.0 Å². The van der Waals surface area contributed by atoms with Crippen molar-refractivity contribution in [3.63, 3.8) is 0 Å². The van der Waals surface area contributed by atoms with Gasteiger partial charge in [-0.2, -0.15) is 0 Å². The lowest BCUT2D eigenvalue weighted by atomic mass is 9.97. The van der Waals surface area contributed by atoms with E-state index in [-0.39, 0.29) is 16.1 Å². The summed E-state index contributed by atoms with van der Waals surface area (Å²) in [5.41, 5.74) is -0.133. The molecule has 0 aliphatic heterocycles. The van der Waals surface area contributed by atoms with Crippen LogP contribution in [-0.4, -0.2) is 31.4 Å². The first-order valence-electron chi connectivity index (χ1n) is 5.39. The number of rotatable bonds is 3. The van der Waals surface area contributed by atoms with Gasteiger partial charge in [0.15, 0.2) is 0 Å². The molecule has 5 heteroatoms. The van der Waals surface area contributed by atoms with Crippen LogP contribution in [0.1, 0.15) is 20.8 Å². The van der Waals surface area contributed by atoms with Gasteiger partial charge in [0.1, 0.15) is 10.6 Å². The molecule has 0 aliphatic rings. The average Bonchev–Trinajstić information content (AvgIpc) is 2.15. The molecule has 0 heterocycles. The van der Waals surface area contributed by atoms with Gasteiger partial charge in [0, 0.05) is 13.6 Å². The maximum absolute atomic E-state index is 12.2. The molecule has 0 saturated carbocycles. The van der Waals surface area contributed by atoms with Crippen LogP contribution in [0.3, 0.4) is 0 Å². The van der Waals surface area contributed by atoms with Crippen molar-refractivity contribution in [1.82, 2.24) is 4.31 Å². The van der Waals surface area contributed by atoms with Gasteiger partial charge in [0.2, 0.25) is 10.0 Å². The van der Waals surface area contributed by atoms with Crippen LogP contribution in [0.15, 0.2) is 29.2 Å². The van der Waals surface area contributed by atoms with Crippen LogP contribution < -0.4 is 0 Å². The van der Waals surface area contributed by atoms with Crippen molar-refractivity contribution in [3.8, 4) is 5.75 Å². The zero-order valence-corrected chi connectivity index (χ0v) is 11.5. The lowest BCUT2D eigenvalue weighted by molar-refractivity contribution is 0.310. The first-order chi connectivity index (χ1) is 7.64. The molecule has 0 atom stereocenters. The van der Waals surface area contributed by atoms with Gasteiger partial charge in [-0.1, -0.05) is 32.9 Å². The Morgan fingerprint density at radius 3 is 2.24 bits per heavy atom. The molecule has 1 rings (SSSR count). The highest BCUT2D eigenvalue weighted by Crippen LogP contribution is 2.26. The molecule has 0 saturated heterocycles. The molecule has 1 aromatic carbocycles. The Kier molecular flexibility index (Phi) is 3.84. The highest BCUT2D eigenvalue weighted by molar-refractivity contribution is 7.89. The molecule has 0 bridgehead atoms. The van der Waals surface area contributed by atoms with Crippen LogP contribution in [0.4, 0.5) is 0 Å². The van der Waals surface area contributed by atoms with Gasteiger partial charge in [-0.3, -0.25) is 0 Å². The van der Waals surface area contributed by atoms with Gasteiger partial charge in [-0.15, -0.1) is 0 Å². The van der Waals surface area contributed by atoms with Crippen molar-refractivity contribution >= 4 is 10.0 Å². The number of aromatic hydroxyl groups is 1. The molecular formula is C12H19NO3S. The summed E-state index contributed by atoms with van der Waals surface area (Å²) in [6, 6.07) is 5.97. The normalized spacial score (nSPS) is 13.0. The predicted molar refractivity (Wildman–Crippen MR) is 67.4 cm³/mol. The molecule has 0 unspecified atom stereocenters. The van der Waals surface area contributed by atoms with Gasteiger partial charge in [0.05, 0.1) is 0 Å². The third kappa shape index (κ3) is 3.44. The summed E-state index contributed by atoms with van der Waals surface area (Å²) in [6.07, 6.45) is 0. The Hall–Kier alpha value is -1.07. The van der Waals surface area contributed by atoms with Crippen molar-refractivity contribution < 1.29 is 13.5 Å². The lowest BCUT2D eigenvalue weighted by Gasteiger charge is -2.26. The van der Waals surface area contributed by atoms with Gasteiger partial charge in [0.25, 0.3) is 0 Å². The van der Waals surface area contributed by atoms with Crippen LogP contribution in [0.25, 0.3) is 0 Å². The number of sulfonamides is 1. The van der Waals surface area contributed by atoms with Gasteiger partial charge in [-0.05, 0) is 17.5 Å². The molecule has 0 spiro atoms. The van der Waals surface area contributed by atoms with Crippen molar-refractivity contribution in [1.29, 1.82) is 0 Å². The molecule has 0 aromatic heterocycles. The van der Waals surface area contributed by atoms with Crippen molar-refractivity contribution in [2.75, 3.05) is 13.6 Å². The molecule has 4 nitrogen and oxygen atoms in total. The molecule has 0 aliphatic carbocycles. The van der Waals surface area contributed by atoms with E-state index >= 15 is 0 Å². The summed E-state index contributed by atoms with van der Waals surface area (Å²) in [7, 11) is -2.10. The maximum Gasteiger partial charge on any atom is 0.246 e. The number of benzene rings is 1. The fourth-order valence-electron chi connectivity index (χ4n) is 1.60. The lowest BCUT2D eigenvalue weighted by Crippen LogP contribution is -2.34. The van der Waals surface area contributed by atoms with Crippen molar-refractivity contribution in [2.24, 2.45) is 5.41 Å². The maximum atomic E-state index is 12.2. The molecule has 17 heavy (non-hydrogen) atoms. The first-order valence-corrected chi connectivity index (χ1v) is 6.83. The SMILES string of the molecule is CN(CC(C)(C)C)S(=O)(=O)c1ccccc1O. The second kappa shape index (κ2) is 4.66. The molecule has 0 radical (unpaired) electrons. The fraction of sp³-hybridized carbons (Fsp3) is 0.500. The third-order valence-electron chi connectivity index (χ3n) is 2.25. The van der Waals surface area contributed by atoms with E-state index in [2.05, 4.69) is 0 Å². The minimum Gasteiger partial charge on any atom is -0.507 e. The summed E-state index contributed by atoms with van der Waals surface area (Å²) >= 11 is 0. The molecule has 1 N–H and O–H groups in total. The Labute approximate surface area is 103 Å². The summed E-state index contributed by atoms with van der Waals surface area (Å²) in [5, 5.41) is 9.59. The number of phenols is 1. The quantitative estimate of drug-likeness (QED) is 0.901. The Morgan fingerprint density at radius 1 is 1.24 bits per heavy atom. The summed E-state index contributed by atoms with van der Waals surface area (Å²) < 4.78 is 25.7. The van der Waals surface area contributed by atoms with E-state index in [0.29, 0.717) is 6.54 Å². The third-order valence-corrected chi connectivity index (χ3v) is 4.10. The molecule has 0 amide bonds. The number of phenolic OH excluding ortho intramolecular Hbond substituents is 1. The first kappa shape index (κ1) is 14.0. The molecule has 0 fully saturated rings. The van der Waals surface area contributed by atoms with Crippen LogP contribution in [0, 0.1) is 5.41 Å². The topological polar surface area (TPSA) is 57.6 Å². The van der Waals surface area contributed by atoms with E-state index in [1.54, 1.807) is 12.1 Å². The fourth-order valence-corrected chi connectivity index (χ4v) is 3.07. The van der Waals surface area contributed by atoms with Crippen LogP contribution in [-0.2, 0) is 10.0 Å². The minimum atomic E-state index is -3.62. The van der Waals surface area contributed by atoms with Crippen LogP contribution in [0.5, 0.6) is 5.75 Å². The number of hydrogen-bond acceptors (Lipinski definition) is 3. The zero-order chi connectivity index (χ0) is 13.3. The monoisotopic (exact) mass is 257 g/mol.